The second-order valence-corrected chi connectivity index (χ2v) is 7.22. The van der Waals surface area contributed by atoms with Crippen LogP contribution in [0.25, 0.3) is 0 Å². The second kappa shape index (κ2) is 6.43. The third-order valence-electron chi connectivity index (χ3n) is 3.30. The summed E-state index contributed by atoms with van der Waals surface area (Å²) < 4.78 is 0. The molecular weight excluding hydrogens is 280 g/mol. The highest BCUT2D eigenvalue weighted by Gasteiger charge is 2.20. The molecule has 0 aliphatic rings. The molecule has 4 nitrogen and oxygen atoms in total. The van der Waals surface area contributed by atoms with Gasteiger partial charge in [0.05, 0.1) is 0 Å². The number of thiophene rings is 1. The molecule has 0 aliphatic heterocycles. The SMILES string of the molecule is CNc1cc(N(C)CCc2cccs2)nc(C(C)(C)C)n1. The van der Waals surface area contributed by atoms with Crippen LogP contribution in [-0.2, 0) is 11.8 Å². The van der Waals surface area contributed by atoms with Crippen LogP contribution in [0.5, 0.6) is 0 Å². The van der Waals surface area contributed by atoms with Crippen molar-refractivity contribution < 1.29 is 0 Å². The predicted octanol–water partition coefficient (Wildman–Crippen LogP) is 3.56. The average molecular weight is 304 g/mol. The first-order valence-corrected chi connectivity index (χ1v) is 8.09. The Bertz CT molecular complexity index is 572. The monoisotopic (exact) mass is 304 g/mol. The highest BCUT2D eigenvalue weighted by atomic mass is 32.1. The highest BCUT2D eigenvalue weighted by molar-refractivity contribution is 7.09. The van der Waals surface area contributed by atoms with Gasteiger partial charge in [0.25, 0.3) is 0 Å². The maximum atomic E-state index is 4.73. The van der Waals surface area contributed by atoms with Gasteiger partial charge in [-0.15, -0.1) is 11.3 Å². The zero-order valence-electron chi connectivity index (χ0n) is 13.5. The quantitative estimate of drug-likeness (QED) is 0.917. The van der Waals surface area contributed by atoms with Crippen molar-refractivity contribution in [2.24, 2.45) is 0 Å². The topological polar surface area (TPSA) is 41.0 Å². The van der Waals surface area contributed by atoms with Gasteiger partial charge in [0.2, 0.25) is 0 Å². The highest BCUT2D eigenvalue weighted by Crippen LogP contribution is 2.23. The maximum Gasteiger partial charge on any atom is 0.138 e. The van der Waals surface area contributed by atoms with Crippen LogP contribution >= 0.6 is 11.3 Å². The summed E-state index contributed by atoms with van der Waals surface area (Å²) in [7, 11) is 3.98. The van der Waals surface area contributed by atoms with Crippen LogP contribution in [0.15, 0.2) is 23.6 Å². The Kier molecular flexibility index (Phi) is 4.83. The summed E-state index contributed by atoms with van der Waals surface area (Å²) in [6, 6.07) is 6.28. The van der Waals surface area contributed by atoms with Gasteiger partial charge in [0, 0.05) is 37.0 Å². The molecule has 0 aromatic carbocycles. The molecule has 0 saturated heterocycles. The van der Waals surface area contributed by atoms with Gasteiger partial charge in [-0.2, -0.15) is 0 Å². The lowest BCUT2D eigenvalue weighted by atomic mass is 9.96. The van der Waals surface area contributed by atoms with Gasteiger partial charge in [-0.25, -0.2) is 9.97 Å². The normalized spacial score (nSPS) is 11.5. The van der Waals surface area contributed by atoms with E-state index in [1.165, 1.54) is 4.88 Å². The van der Waals surface area contributed by atoms with Crippen LogP contribution in [-0.4, -0.2) is 30.6 Å². The van der Waals surface area contributed by atoms with Crippen LogP contribution in [0.4, 0.5) is 11.6 Å². The molecule has 0 spiro atoms. The van der Waals surface area contributed by atoms with Gasteiger partial charge in [-0.05, 0) is 17.9 Å². The molecule has 0 amide bonds. The van der Waals surface area contributed by atoms with Gasteiger partial charge in [0.15, 0.2) is 0 Å². The van der Waals surface area contributed by atoms with E-state index >= 15 is 0 Å². The minimum atomic E-state index is -0.0593. The van der Waals surface area contributed by atoms with Crippen LogP contribution in [0.2, 0.25) is 0 Å². The molecule has 0 fully saturated rings. The van der Waals surface area contributed by atoms with E-state index in [1.807, 2.05) is 13.1 Å². The van der Waals surface area contributed by atoms with E-state index < -0.39 is 0 Å². The third-order valence-corrected chi connectivity index (χ3v) is 4.24. The Hall–Kier alpha value is -1.62. The largest absolute Gasteiger partial charge is 0.373 e. The average Bonchev–Trinajstić information content (AvgIpc) is 2.96. The van der Waals surface area contributed by atoms with Gasteiger partial charge in [0.1, 0.15) is 17.5 Å². The predicted molar refractivity (Wildman–Crippen MR) is 91.6 cm³/mol. The van der Waals surface area contributed by atoms with Crippen molar-refractivity contribution in [3.63, 3.8) is 0 Å². The molecular formula is C16H24N4S. The smallest absolute Gasteiger partial charge is 0.138 e. The molecule has 2 aromatic heterocycles. The lowest BCUT2D eigenvalue weighted by molar-refractivity contribution is 0.545. The molecule has 0 radical (unpaired) electrons. The van der Waals surface area contributed by atoms with E-state index in [1.54, 1.807) is 11.3 Å². The van der Waals surface area contributed by atoms with Crippen LogP contribution in [0, 0.1) is 0 Å². The number of hydrogen-bond donors (Lipinski definition) is 1. The third kappa shape index (κ3) is 4.17. The number of aromatic nitrogens is 2. The van der Waals surface area contributed by atoms with Crippen molar-refractivity contribution in [3.8, 4) is 0 Å². The zero-order chi connectivity index (χ0) is 15.5. The van der Waals surface area contributed by atoms with Gasteiger partial charge >= 0.3 is 0 Å². The number of rotatable bonds is 5. The molecule has 1 N–H and O–H groups in total. The zero-order valence-corrected chi connectivity index (χ0v) is 14.3. The van der Waals surface area contributed by atoms with E-state index in [4.69, 9.17) is 4.98 Å². The molecule has 21 heavy (non-hydrogen) atoms. The van der Waals surface area contributed by atoms with Crippen LogP contribution < -0.4 is 10.2 Å². The van der Waals surface area contributed by atoms with Gasteiger partial charge in [-0.3, -0.25) is 0 Å². The number of nitrogens with one attached hydrogen (secondary N) is 1. The number of nitrogens with zero attached hydrogens (tertiary/aromatic N) is 3. The van der Waals surface area contributed by atoms with Crippen molar-refractivity contribution >= 4 is 23.0 Å². The van der Waals surface area contributed by atoms with E-state index in [0.717, 1.165) is 30.4 Å². The molecule has 0 aliphatic carbocycles. The lowest BCUT2D eigenvalue weighted by Crippen LogP contribution is -2.24. The number of anilines is 2. The van der Waals surface area contributed by atoms with Crippen molar-refractivity contribution in [1.29, 1.82) is 0 Å². The summed E-state index contributed by atoms with van der Waals surface area (Å²) in [4.78, 5) is 12.9. The van der Waals surface area contributed by atoms with E-state index in [0.29, 0.717) is 0 Å². The van der Waals surface area contributed by atoms with Crippen molar-refractivity contribution in [3.05, 3.63) is 34.3 Å². The first-order valence-electron chi connectivity index (χ1n) is 7.21. The fourth-order valence-electron chi connectivity index (χ4n) is 1.94. The first kappa shape index (κ1) is 15.8. The minimum Gasteiger partial charge on any atom is -0.373 e. The van der Waals surface area contributed by atoms with Gasteiger partial charge < -0.3 is 10.2 Å². The fraction of sp³-hybridized carbons (Fsp3) is 0.500. The first-order chi connectivity index (χ1) is 9.90. The molecule has 2 rings (SSSR count). The summed E-state index contributed by atoms with van der Waals surface area (Å²) in [5.74, 6) is 2.70. The van der Waals surface area contributed by atoms with Crippen molar-refractivity contribution in [1.82, 2.24) is 9.97 Å². The van der Waals surface area contributed by atoms with Gasteiger partial charge in [-0.1, -0.05) is 26.8 Å². The van der Waals surface area contributed by atoms with Crippen molar-refractivity contribution in [2.75, 3.05) is 30.9 Å². The van der Waals surface area contributed by atoms with E-state index in [-0.39, 0.29) is 5.41 Å². The Labute approximate surface area is 131 Å². The maximum absolute atomic E-state index is 4.73. The summed E-state index contributed by atoms with van der Waals surface area (Å²) in [6.45, 7) is 7.36. The molecule has 2 aromatic rings. The molecule has 5 heteroatoms. The Balaban J connectivity index is 2.17. The van der Waals surface area contributed by atoms with Crippen LogP contribution in [0.3, 0.4) is 0 Å². The lowest BCUT2D eigenvalue weighted by Gasteiger charge is -2.23. The summed E-state index contributed by atoms with van der Waals surface area (Å²) in [5.41, 5.74) is -0.0593. The molecule has 0 unspecified atom stereocenters. The summed E-state index contributed by atoms with van der Waals surface area (Å²) in [5, 5.41) is 5.25. The van der Waals surface area contributed by atoms with Crippen LogP contribution in [0.1, 0.15) is 31.5 Å². The summed E-state index contributed by atoms with van der Waals surface area (Å²) >= 11 is 1.80. The molecule has 0 bridgehead atoms. The molecule has 0 saturated carbocycles. The fourth-order valence-corrected chi connectivity index (χ4v) is 2.64. The Morgan fingerprint density at radius 2 is 2.05 bits per heavy atom. The van der Waals surface area contributed by atoms with E-state index in [2.05, 4.69) is 60.5 Å². The Morgan fingerprint density at radius 3 is 2.62 bits per heavy atom. The number of likely N-dealkylation sites (N-methyl/N-ethyl adjacent to an activating group) is 1. The standard InChI is InChI=1S/C16H24N4S/c1-16(2,3)15-18-13(17-4)11-14(19-15)20(5)9-8-12-7-6-10-21-12/h6-7,10-11H,8-9H2,1-5H3,(H,17,18,19). The number of hydrogen-bond acceptors (Lipinski definition) is 5. The molecule has 2 heterocycles. The Morgan fingerprint density at radius 1 is 1.29 bits per heavy atom. The minimum absolute atomic E-state index is 0.0593. The van der Waals surface area contributed by atoms with Crippen molar-refractivity contribution in [2.45, 2.75) is 32.6 Å². The second-order valence-electron chi connectivity index (χ2n) is 6.19. The molecule has 0 atom stereocenters. The van der Waals surface area contributed by atoms with E-state index in [9.17, 15) is 0 Å². The summed E-state index contributed by atoms with van der Waals surface area (Å²) in [6.07, 6.45) is 1.04. The molecule has 114 valence electrons.